The number of nitro groups is 1. The van der Waals surface area contributed by atoms with E-state index in [9.17, 15) is 36.5 Å². The maximum Gasteiger partial charge on any atom is 0.501 e. The predicted molar refractivity (Wildman–Crippen MR) is 93.9 cm³/mol. The van der Waals surface area contributed by atoms with Crippen molar-refractivity contribution in [3.8, 4) is 0 Å². The molecule has 0 spiro atoms. The van der Waals surface area contributed by atoms with Gasteiger partial charge in [-0.15, -0.1) is 0 Å². The van der Waals surface area contributed by atoms with Crippen molar-refractivity contribution in [2.24, 2.45) is 0 Å². The summed E-state index contributed by atoms with van der Waals surface area (Å²) in [5.74, 6) is -0.270. The molecule has 1 N–H and O–H groups in total. The molecule has 0 saturated carbocycles. The van der Waals surface area contributed by atoms with Gasteiger partial charge in [-0.25, -0.2) is 8.42 Å². The van der Waals surface area contributed by atoms with Crippen LogP contribution >= 0.6 is 0 Å². The molecule has 0 aromatic heterocycles. The summed E-state index contributed by atoms with van der Waals surface area (Å²) in [4.78, 5) is 22.8. The van der Waals surface area contributed by atoms with E-state index in [4.69, 9.17) is 4.74 Å². The first-order valence-electron chi connectivity index (χ1n) is 8.77. The van der Waals surface area contributed by atoms with E-state index in [2.05, 4.69) is 5.32 Å². The van der Waals surface area contributed by atoms with E-state index in [1.54, 1.807) is 0 Å². The van der Waals surface area contributed by atoms with Gasteiger partial charge in [0.05, 0.1) is 16.4 Å². The summed E-state index contributed by atoms with van der Waals surface area (Å²) in [6.45, 7) is 1.47. The number of alkyl halides is 3. The van der Waals surface area contributed by atoms with Crippen LogP contribution in [-0.2, 0) is 19.4 Å². The van der Waals surface area contributed by atoms with E-state index >= 15 is 0 Å². The number of hydrogen-bond acceptors (Lipinski definition) is 8. The van der Waals surface area contributed by atoms with Crippen molar-refractivity contribution in [2.45, 2.75) is 41.7 Å². The molecule has 2 saturated heterocycles. The maximum atomic E-state index is 12.7. The number of ether oxygens (including phenoxy) is 1. The minimum absolute atomic E-state index is 0.0603. The molecule has 2 heterocycles. The fraction of sp³-hybridized carbons (Fsp3) is 0.562. The van der Waals surface area contributed by atoms with Crippen LogP contribution < -0.4 is 5.32 Å². The molecule has 1 aromatic carbocycles. The highest BCUT2D eigenvalue weighted by Gasteiger charge is 2.47. The van der Waals surface area contributed by atoms with E-state index in [0.717, 1.165) is 6.07 Å². The topological polar surface area (TPSA) is 119 Å². The molecule has 1 aromatic rings. The zero-order valence-corrected chi connectivity index (χ0v) is 15.8. The van der Waals surface area contributed by atoms with Crippen molar-refractivity contribution in [3.05, 3.63) is 28.3 Å². The number of cyclic esters (lactones) is 1. The van der Waals surface area contributed by atoms with Crippen LogP contribution in [0.2, 0.25) is 0 Å². The lowest BCUT2D eigenvalue weighted by Gasteiger charge is -2.34. The number of anilines is 1. The number of esters is 1. The molecule has 2 aliphatic heterocycles. The van der Waals surface area contributed by atoms with E-state index in [1.165, 1.54) is 0 Å². The Morgan fingerprint density at radius 3 is 2.38 bits per heavy atom. The number of likely N-dealkylation sites (tertiary alicyclic amines) is 1. The van der Waals surface area contributed by atoms with Crippen LogP contribution in [0.1, 0.15) is 19.3 Å². The highest BCUT2D eigenvalue weighted by molar-refractivity contribution is 7.92. The summed E-state index contributed by atoms with van der Waals surface area (Å²) in [5, 5.41) is 14.2. The number of carbonyl (C=O) groups is 1. The molecule has 2 fully saturated rings. The quantitative estimate of drug-likeness (QED) is 0.423. The minimum atomic E-state index is -5.69. The average Bonchev–Trinajstić information content (AvgIpc) is 3.07. The number of benzene rings is 1. The average molecular weight is 437 g/mol. The van der Waals surface area contributed by atoms with Crippen LogP contribution in [-0.4, -0.2) is 61.5 Å². The summed E-state index contributed by atoms with van der Waals surface area (Å²) >= 11 is 0. The fourth-order valence-electron chi connectivity index (χ4n) is 3.48. The number of piperidine rings is 1. The van der Waals surface area contributed by atoms with Crippen molar-refractivity contribution < 1.29 is 36.0 Å². The van der Waals surface area contributed by atoms with Gasteiger partial charge in [-0.2, -0.15) is 13.2 Å². The Morgan fingerprint density at radius 2 is 1.86 bits per heavy atom. The first-order valence-corrected chi connectivity index (χ1v) is 10.3. The van der Waals surface area contributed by atoms with Gasteiger partial charge in [0.15, 0.2) is 0 Å². The molecule has 3 rings (SSSR count). The van der Waals surface area contributed by atoms with Crippen molar-refractivity contribution in [2.75, 3.05) is 25.0 Å². The highest BCUT2D eigenvalue weighted by atomic mass is 32.2. The number of rotatable bonds is 5. The lowest BCUT2D eigenvalue weighted by molar-refractivity contribution is -0.384. The Morgan fingerprint density at radius 1 is 1.21 bits per heavy atom. The smallest absolute Gasteiger partial charge is 0.464 e. The van der Waals surface area contributed by atoms with Crippen LogP contribution in [0, 0.1) is 10.1 Å². The molecule has 9 nitrogen and oxygen atoms in total. The molecular formula is C16H18F3N3O6S. The molecule has 0 radical (unpaired) electrons. The predicted octanol–water partition coefficient (Wildman–Crippen LogP) is 2.08. The first-order chi connectivity index (χ1) is 13.5. The number of carbonyl (C=O) groups excluding carboxylic acids is 1. The summed E-state index contributed by atoms with van der Waals surface area (Å²) < 4.78 is 66.1. The Hall–Kier alpha value is -2.41. The van der Waals surface area contributed by atoms with Gasteiger partial charge in [0.1, 0.15) is 11.7 Å². The second-order valence-electron chi connectivity index (χ2n) is 6.81. The van der Waals surface area contributed by atoms with E-state index < -0.39 is 30.9 Å². The zero-order valence-electron chi connectivity index (χ0n) is 15.0. The van der Waals surface area contributed by atoms with Gasteiger partial charge in [0.2, 0.25) is 0 Å². The molecule has 0 unspecified atom stereocenters. The Balaban J connectivity index is 1.73. The normalized spacial score (nSPS) is 21.8. The summed E-state index contributed by atoms with van der Waals surface area (Å²) in [6.07, 6.45) is 1.70. The highest BCUT2D eigenvalue weighted by Crippen LogP contribution is 2.35. The van der Waals surface area contributed by atoms with Crippen molar-refractivity contribution in [1.29, 1.82) is 0 Å². The third kappa shape index (κ3) is 4.29. The second kappa shape index (κ2) is 7.78. The number of hydrogen-bond donors (Lipinski definition) is 1. The summed E-state index contributed by atoms with van der Waals surface area (Å²) in [6, 6.07) is 1.57. The van der Waals surface area contributed by atoms with Gasteiger partial charge < -0.3 is 10.1 Å². The number of halogens is 3. The molecular weight excluding hydrogens is 419 g/mol. The summed E-state index contributed by atoms with van der Waals surface area (Å²) in [7, 11) is -5.69. The molecule has 160 valence electrons. The number of nitrogens with one attached hydrogen (secondary N) is 1. The van der Waals surface area contributed by atoms with Crippen LogP contribution in [0.4, 0.5) is 24.5 Å². The molecule has 0 amide bonds. The number of sulfone groups is 1. The monoisotopic (exact) mass is 437 g/mol. The maximum absolute atomic E-state index is 12.7. The van der Waals surface area contributed by atoms with Gasteiger partial charge in [-0.1, -0.05) is 0 Å². The van der Waals surface area contributed by atoms with Crippen molar-refractivity contribution in [3.63, 3.8) is 0 Å². The van der Waals surface area contributed by atoms with Gasteiger partial charge in [-0.3, -0.25) is 19.8 Å². The standard InChI is InChI=1S/C16H18F3N3O6S/c17-16(18,19)29(26,27)11-1-2-12(14(9-11)22(24)25)20-10-3-6-21(7-4-10)13-5-8-28-15(13)23/h1-2,9-10,13,20H,3-8H2/t13-/m0/s1. The van der Waals surface area contributed by atoms with E-state index in [-0.39, 0.29) is 23.7 Å². The largest absolute Gasteiger partial charge is 0.501 e. The van der Waals surface area contributed by atoms with Gasteiger partial charge in [0, 0.05) is 31.6 Å². The summed E-state index contributed by atoms with van der Waals surface area (Å²) in [5.41, 5.74) is -6.36. The first kappa shape index (κ1) is 21.3. The fourth-order valence-corrected chi connectivity index (χ4v) is 4.26. The van der Waals surface area contributed by atoms with E-state index in [1.807, 2.05) is 4.90 Å². The molecule has 0 aliphatic carbocycles. The molecule has 2 aliphatic rings. The van der Waals surface area contributed by atoms with Gasteiger partial charge in [0.25, 0.3) is 15.5 Å². The lowest BCUT2D eigenvalue weighted by Crippen LogP contribution is -2.46. The third-order valence-electron chi connectivity index (χ3n) is 5.02. The van der Waals surface area contributed by atoms with Crippen LogP contribution in [0.15, 0.2) is 23.1 Å². The van der Waals surface area contributed by atoms with Gasteiger partial charge >= 0.3 is 11.5 Å². The SMILES string of the molecule is O=C1OCC[C@@H]1N1CCC(Nc2ccc(S(=O)(=O)C(F)(F)F)cc2[N+](=O)[O-])CC1. The Labute approximate surface area is 163 Å². The molecule has 1 atom stereocenters. The molecule has 13 heteroatoms. The molecule has 0 bridgehead atoms. The van der Waals surface area contributed by atoms with Crippen LogP contribution in [0.25, 0.3) is 0 Å². The van der Waals surface area contributed by atoms with Crippen molar-refractivity contribution >= 4 is 27.2 Å². The Bertz CT molecular complexity index is 913. The van der Waals surface area contributed by atoms with Crippen molar-refractivity contribution in [1.82, 2.24) is 4.90 Å². The van der Waals surface area contributed by atoms with Gasteiger partial charge in [-0.05, 0) is 25.0 Å². The third-order valence-corrected chi connectivity index (χ3v) is 6.50. The second-order valence-corrected chi connectivity index (χ2v) is 8.75. The number of nitrogens with zero attached hydrogens (tertiary/aromatic N) is 2. The minimum Gasteiger partial charge on any atom is -0.464 e. The zero-order chi connectivity index (χ0) is 21.4. The van der Waals surface area contributed by atoms with Crippen LogP contribution in [0.3, 0.4) is 0 Å². The Kier molecular flexibility index (Phi) is 5.72. The number of nitro benzene ring substituents is 1. The molecule has 29 heavy (non-hydrogen) atoms. The lowest BCUT2D eigenvalue weighted by atomic mass is 10.0. The van der Waals surface area contributed by atoms with E-state index in [0.29, 0.717) is 51.1 Å². The van der Waals surface area contributed by atoms with Crippen LogP contribution in [0.5, 0.6) is 0 Å².